The van der Waals surface area contributed by atoms with E-state index in [2.05, 4.69) is 43.8 Å². The monoisotopic (exact) mass is 683 g/mol. The molecule has 0 saturated carbocycles. The topological polar surface area (TPSA) is 3.88 Å². The Kier molecular flexibility index (Phi) is 36.2. The molecule has 0 N–H and O–H groups in total. The van der Waals surface area contributed by atoms with Crippen LogP contribution in [0.5, 0.6) is 0 Å². The Morgan fingerprint density at radius 3 is 0.898 bits per heavy atom. The van der Waals surface area contributed by atoms with Gasteiger partial charge in [-0.3, -0.25) is 0 Å². The van der Waals surface area contributed by atoms with Crippen LogP contribution in [0.4, 0.5) is 0 Å². The number of pyridine rings is 1. The van der Waals surface area contributed by atoms with E-state index in [1.54, 1.807) is 11.1 Å². The first kappa shape index (κ1) is 46.2. The molecular weight excluding hydrogens is 591 g/mol. The third kappa shape index (κ3) is 31.6. The summed E-state index contributed by atoms with van der Waals surface area (Å²) in [7, 11) is 0. The number of rotatable bonds is 40. The Morgan fingerprint density at radius 1 is 0.306 bits per heavy atom. The fraction of sp³-hybridized carbons (Fsp3) is 0.896. The summed E-state index contributed by atoms with van der Waals surface area (Å²) in [6.07, 6.45) is 60.8. The number of aromatic nitrogens is 1. The Morgan fingerprint density at radius 2 is 0.571 bits per heavy atom. The van der Waals surface area contributed by atoms with Gasteiger partial charge in [0.2, 0.25) is 0 Å². The third-order valence-electron chi connectivity index (χ3n) is 11.3. The maximum absolute atomic E-state index is 2.56. The summed E-state index contributed by atoms with van der Waals surface area (Å²) in [5.74, 6) is 0. The van der Waals surface area contributed by atoms with Crippen molar-refractivity contribution in [3.8, 4) is 0 Å². The van der Waals surface area contributed by atoms with Crippen LogP contribution in [0.3, 0.4) is 0 Å². The number of unbranched alkanes of at least 4 members (excludes halogenated alkanes) is 34. The molecule has 1 nitrogen and oxygen atoms in total. The molecule has 0 bridgehead atoms. The lowest BCUT2D eigenvalue weighted by Gasteiger charge is -2.10. The van der Waals surface area contributed by atoms with E-state index in [1.165, 1.54) is 257 Å². The minimum absolute atomic E-state index is 1.21. The van der Waals surface area contributed by atoms with Gasteiger partial charge in [-0.1, -0.05) is 233 Å². The molecule has 288 valence electrons. The molecule has 1 aromatic heterocycles. The third-order valence-corrected chi connectivity index (χ3v) is 11.3. The summed E-state index contributed by atoms with van der Waals surface area (Å²) in [6.45, 7) is 8.16. The van der Waals surface area contributed by atoms with E-state index in [9.17, 15) is 0 Å². The van der Waals surface area contributed by atoms with E-state index in [0.29, 0.717) is 0 Å². The average molecular weight is 683 g/mol. The number of hydrogen-bond acceptors (Lipinski definition) is 0. The predicted octanol–water partition coefficient (Wildman–Crippen LogP) is 16.6. The first-order valence-corrected chi connectivity index (χ1v) is 23.3. The van der Waals surface area contributed by atoms with Crippen LogP contribution in [0.15, 0.2) is 18.5 Å². The Balaban J connectivity index is 2.29. The second-order valence-corrected chi connectivity index (χ2v) is 16.3. The summed E-state index contributed by atoms with van der Waals surface area (Å²) in [4.78, 5) is 0. The summed E-state index contributed by atoms with van der Waals surface area (Å²) in [5.41, 5.74) is 3.34. The standard InChI is InChI=1S/C48H92N/c1-4-7-10-13-16-19-22-23-24-25-28-31-34-37-40-44-49-45-43-47(41-38-35-32-29-26-20-17-14-11-8-5-2)48(46-49)42-39-36-33-30-27-21-18-15-12-9-6-3/h43,45-46H,4-42,44H2,1-3H3/q+1. The smallest absolute Gasteiger partial charge is 0.172 e. The lowest BCUT2D eigenvalue weighted by Crippen LogP contribution is -2.34. The van der Waals surface area contributed by atoms with Crippen molar-refractivity contribution in [2.24, 2.45) is 0 Å². The zero-order chi connectivity index (χ0) is 35.1. The first-order valence-electron chi connectivity index (χ1n) is 23.3. The van der Waals surface area contributed by atoms with E-state index in [-0.39, 0.29) is 0 Å². The molecule has 0 aromatic carbocycles. The zero-order valence-corrected chi connectivity index (χ0v) is 34.5. The van der Waals surface area contributed by atoms with Crippen molar-refractivity contribution in [3.63, 3.8) is 0 Å². The highest BCUT2D eigenvalue weighted by atomic mass is 14.9. The molecule has 1 heteroatoms. The summed E-state index contributed by atoms with van der Waals surface area (Å²) < 4.78 is 2.54. The van der Waals surface area contributed by atoms with Crippen molar-refractivity contribution in [2.75, 3.05) is 0 Å². The highest BCUT2D eigenvalue weighted by Crippen LogP contribution is 2.18. The molecular formula is C48H92N+. The molecule has 0 radical (unpaired) electrons. The molecule has 1 aromatic rings. The van der Waals surface area contributed by atoms with Gasteiger partial charge in [0.05, 0.1) is 0 Å². The highest BCUT2D eigenvalue weighted by molar-refractivity contribution is 5.21. The van der Waals surface area contributed by atoms with Crippen LogP contribution >= 0.6 is 0 Å². The van der Waals surface area contributed by atoms with E-state index < -0.39 is 0 Å². The van der Waals surface area contributed by atoms with Crippen LogP contribution in [0.1, 0.15) is 269 Å². The van der Waals surface area contributed by atoms with Crippen molar-refractivity contribution in [2.45, 2.75) is 278 Å². The molecule has 0 saturated heterocycles. The summed E-state index contributed by atoms with van der Waals surface area (Å²) in [5, 5.41) is 0. The second-order valence-electron chi connectivity index (χ2n) is 16.3. The van der Waals surface area contributed by atoms with Crippen molar-refractivity contribution < 1.29 is 4.57 Å². The summed E-state index contributed by atoms with van der Waals surface area (Å²) in [6, 6.07) is 2.51. The van der Waals surface area contributed by atoms with Crippen molar-refractivity contribution >= 4 is 0 Å². The van der Waals surface area contributed by atoms with Crippen molar-refractivity contribution in [1.29, 1.82) is 0 Å². The number of hydrogen-bond donors (Lipinski definition) is 0. The predicted molar refractivity (Wildman–Crippen MR) is 222 cm³/mol. The molecule has 49 heavy (non-hydrogen) atoms. The zero-order valence-electron chi connectivity index (χ0n) is 34.5. The quantitative estimate of drug-likeness (QED) is 0.0479. The van der Waals surface area contributed by atoms with E-state index in [1.807, 2.05) is 0 Å². The molecule has 0 unspecified atom stereocenters. The molecule has 0 aliphatic carbocycles. The molecule has 1 heterocycles. The maximum atomic E-state index is 2.56. The Bertz CT molecular complexity index is 768. The van der Waals surface area contributed by atoms with Gasteiger partial charge < -0.3 is 0 Å². The number of aryl methyl sites for hydroxylation is 3. The van der Waals surface area contributed by atoms with Crippen LogP contribution in [0, 0.1) is 0 Å². The van der Waals surface area contributed by atoms with Gasteiger partial charge in [0.25, 0.3) is 0 Å². The van der Waals surface area contributed by atoms with Gasteiger partial charge in [0, 0.05) is 18.1 Å². The fourth-order valence-electron chi connectivity index (χ4n) is 7.85. The first-order chi connectivity index (χ1) is 24.3. The Labute approximate surface area is 311 Å². The summed E-state index contributed by atoms with van der Waals surface area (Å²) >= 11 is 0. The van der Waals surface area contributed by atoms with E-state index in [0.717, 1.165) is 0 Å². The van der Waals surface area contributed by atoms with Crippen molar-refractivity contribution in [3.05, 3.63) is 29.6 Å². The van der Waals surface area contributed by atoms with Gasteiger partial charge >= 0.3 is 0 Å². The number of nitrogens with zero attached hydrogens (tertiary/aromatic N) is 1. The van der Waals surface area contributed by atoms with Gasteiger partial charge in [-0.25, -0.2) is 4.57 Å². The maximum Gasteiger partial charge on any atom is 0.172 e. The van der Waals surface area contributed by atoms with Crippen LogP contribution < -0.4 is 4.57 Å². The van der Waals surface area contributed by atoms with Gasteiger partial charge in [-0.15, -0.1) is 0 Å². The molecule has 0 atom stereocenters. The average Bonchev–Trinajstić information content (AvgIpc) is 3.11. The fourth-order valence-corrected chi connectivity index (χ4v) is 7.85. The van der Waals surface area contributed by atoms with E-state index in [4.69, 9.17) is 0 Å². The van der Waals surface area contributed by atoms with Crippen LogP contribution in [0.2, 0.25) is 0 Å². The molecule has 0 aliphatic heterocycles. The SMILES string of the molecule is CCCCCCCCCCCCCCCCC[n+]1ccc(CCCCCCCCCCCCC)c(CCCCCCCCCCCCC)c1. The molecule has 0 fully saturated rings. The van der Waals surface area contributed by atoms with Crippen LogP contribution in [0.25, 0.3) is 0 Å². The molecule has 0 amide bonds. The lowest BCUT2D eigenvalue weighted by atomic mass is 9.97. The van der Waals surface area contributed by atoms with E-state index >= 15 is 0 Å². The van der Waals surface area contributed by atoms with Crippen molar-refractivity contribution in [1.82, 2.24) is 0 Å². The largest absolute Gasteiger partial charge is 0.205 e. The Hall–Kier alpha value is -0.850. The lowest BCUT2D eigenvalue weighted by molar-refractivity contribution is -0.697. The molecule has 1 rings (SSSR count). The molecule has 0 spiro atoms. The minimum atomic E-state index is 1.21. The van der Waals surface area contributed by atoms with Gasteiger partial charge in [-0.2, -0.15) is 0 Å². The normalized spacial score (nSPS) is 11.6. The van der Waals surface area contributed by atoms with Crippen LogP contribution in [-0.2, 0) is 19.4 Å². The van der Waals surface area contributed by atoms with Gasteiger partial charge in [-0.05, 0) is 37.7 Å². The second kappa shape index (κ2) is 38.4. The minimum Gasteiger partial charge on any atom is -0.205 e. The molecule has 0 aliphatic rings. The van der Waals surface area contributed by atoms with Crippen LogP contribution in [-0.4, -0.2) is 0 Å². The highest BCUT2D eigenvalue weighted by Gasteiger charge is 2.10. The van der Waals surface area contributed by atoms with Gasteiger partial charge in [0.15, 0.2) is 12.4 Å². The van der Waals surface area contributed by atoms with Gasteiger partial charge in [0.1, 0.15) is 6.54 Å².